The van der Waals surface area contributed by atoms with Gasteiger partial charge in [0.1, 0.15) is 17.3 Å². The first-order chi connectivity index (χ1) is 13.3. The van der Waals surface area contributed by atoms with Gasteiger partial charge in [-0.1, -0.05) is 0 Å². The third-order valence-corrected chi connectivity index (χ3v) is 5.42. The van der Waals surface area contributed by atoms with E-state index in [0.717, 1.165) is 12.1 Å². The van der Waals surface area contributed by atoms with Crippen molar-refractivity contribution in [1.82, 2.24) is 10.2 Å². The van der Waals surface area contributed by atoms with E-state index in [1.807, 2.05) is 0 Å². The maximum absolute atomic E-state index is 14.5. The number of hydrogen-bond acceptors (Lipinski definition) is 8. The van der Waals surface area contributed by atoms with Crippen LogP contribution in [0.5, 0.6) is 0 Å². The summed E-state index contributed by atoms with van der Waals surface area (Å²) in [6.07, 6.45) is 1.03. The summed E-state index contributed by atoms with van der Waals surface area (Å²) in [5, 5.41) is 8.13. The number of dihydropyridines is 1. The number of allylic oxidation sites excluding steroid dienone is 1. The lowest BCUT2D eigenvalue weighted by molar-refractivity contribution is 0.319. The van der Waals surface area contributed by atoms with Gasteiger partial charge in [0.15, 0.2) is 6.17 Å². The van der Waals surface area contributed by atoms with Crippen molar-refractivity contribution in [3.63, 3.8) is 0 Å². The van der Waals surface area contributed by atoms with Crippen LogP contribution in [-0.4, -0.2) is 57.6 Å². The highest BCUT2D eigenvalue weighted by atomic mass is 32.2. The van der Waals surface area contributed by atoms with Crippen molar-refractivity contribution in [2.45, 2.75) is 17.6 Å². The van der Waals surface area contributed by atoms with Gasteiger partial charge in [-0.05, 0) is 12.1 Å². The molecule has 0 saturated carbocycles. The smallest absolute Gasteiger partial charge is 0.314 e. The van der Waals surface area contributed by atoms with E-state index in [-0.39, 0.29) is 18.1 Å². The lowest BCUT2D eigenvalue weighted by Crippen LogP contribution is -2.45. The van der Waals surface area contributed by atoms with Crippen molar-refractivity contribution >= 4 is 28.0 Å². The first kappa shape index (κ1) is 18.5. The van der Waals surface area contributed by atoms with Gasteiger partial charge in [-0.2, -0.15) is 9.98 Å². The van der Waals surface area contributed by atoms with E-state index in [1.165, 1.54) is 7.11 Å². The molecule has 1 unspecified atom stereocenters. The molecule has 0 radical (unpaired) electrons. The number of rotatable bonds is 3. The molecule has 3 aliphatic heterocycles. The van der Waals surface area contributed by atoms with Crippen molar-refractivity contribution in [3.05, 3.63) is 40.7 Å². The minimum absolute atomic E-state index is 0.134. The molecule has 4 rings (SSSR count). The second kappa shape index (κ2) is 6.63. The molecular formula is C16H16F2N6O3S. The summed E-state index contributed by atoms with van der Waals surface area (Å²) in [4.78, 5) is 13.9. The average Bonchev–Trinajstić information content (AvgIpc) is 3.07. The summed E-state index contributed by atoms with van der Waals surface area (Å²) in [5.74, 6) is -1.99. The Hall–Kier alpha value is -2.86. The summed E-state index contributed by atoms with van der Waals surface area (Å²) in [7, 11) is -2.78. The number of fused-ring (bicyclic) bond motifs is 2. The number of amidine groups is 1. The monoisotopic (exact) mass is 410 g/mol. The number of primary sulfonamides is 1. The van der Waals surface area contributed by atoms with Crippen LogP contribution in [0.2, 0.25) is 0 Å². The van der Waals surface area contributed by atoms with Gasteiger partial charge >= 0.3 is 6.02 Å². The molecule has 0 fully saturated rings. The number of halogens is 2. The zero-order valence-electron chi connectivity index (χ0n) is 14.7. The Balaban J connectivity index is 1.70. The predicted octanol–water partition coefficient (Wildman–Crippen LogP) is 0.0965. The fourth-order valence-electron chi connectivity index (χ4n) is 3.22. The first-order valence-electron chi connectivity index (χ1n) is 8.25. The average molecular weight is 410 g/mol. The quantitative estimate of drug-likeness (QED) is 0.732. The zero-order valence-corrected chi connectivity index (χ0v) is 15.5. The lowest BCUT2D eigenvalue weighted by atomic mass is 10.1. The molecule has 3 N–H and O–H groups in total. The molecule has 12 heteroatoms. The van der Waals surface area contributed by atoms with Crippen LogP contribution in [0.3, 0.4) is 0 Å². The molecule has 0 saturated heterocycles. The molecule has 9 nitrogen and oxygen atoms in total. The van der Waals surface area contributed by atoms with Crippen LogP contribution in [0.15, 0.2) is 43.4 Å². The van der Waals surface area contributed by atoms with E-state index >= 15 is 0 Å². The molecule has 1 aromatic rings. The Labute approximate surface area is 159 Å². The number of nitrogens with two attached hydrogens (primary N) is 1. The highest BCUT2D eigenvalue weighted by molar-refractivity contribution is 7.89. The Bertz CT molecular complexity index is 1060. The van der Waals surface area contributed by atoms with Crippen molar-refractivity contribution < 1.29 is 21.9 Å². The standard InChI is InChI=1S/C16H16F2N6O3S/c1-27-16-22-13-14-12(6-21-15(13)23-16)20-2-3-24(14)7-9-10(17)4-8(5-11(9)18)28(19,25)26/h4-6,15,20H,2-3,7H2,1H3,(H2,19,25,26). The Morgan fingerprint density at radius 2 is 2.07 bits per heavy atom. The topological polar surface area (TPSA) is 122 Å². The first-order valence-corrected chi connectivity index (χ1v) is 9.80. The van der Waals surface area contributed by atoms with Gasteiger partial charge < -0.3 is 15.0 Å². The van der Waals surface area contributed by atoms with Gasteiger partial charge in [-0.25, -0.2) is 22.3 Å². The van der Waals surface area contributed by atoms with Crippen molar-refractivity contribution in [1.29, 1.82) is 0 Å². The van der Waals surface area contributed by atoms with Gasteiger partial charge in [0.25, 0.3) is 0 Å². The molecule has 148 valence electrons. The van der Waals surface area contributed by atoms with Gasteiger partial charge in [-0.15, -0.1) is 0 Å². The third-order valence-electron chi connectivity index (χ3n) is 4.52. The van der Waals surface area contributed by atoms with Crippen molar-refractivity contribution in [2.24, 2.45) is 20.1 Å². The minimum atomic E-state index is -4.22. The Morgan fingerprint density at radius 3 is 2.71 bits per heavy atom. The van der Waals surface area contributed by atoms with Gasteiger partial charge in [0.2, 0.25) is 10.0 Å². The number of ether oxygens (including phenoxy) is 1. The van der Waals surface area contributed by atoms with E-state index in [9.17, 15) is 17.2 Å². The SMILES string of the molecule is COC1=NC2N=CC3=C(C2=N1)N(Cc1c(F)cc(S(N)(=O)=O)cc1F)CCN3. The molecule has 0 aromatic heterocycles. The predicted molar refractivity (Wildman–Crippen MR) is 97.3 cm³/mol. The maximum atomic E-state index is 14.5. The molecule has 1 aromatic carbocycles. The normalized spacial score (nSPS) is 21.0. The number of hydrogen-bond donors (Lipinski definition) is 2. The summed E-state index contributed by atoms with van der Waals surface area (Å²) in [6.45, 7) is 0.834. The van der Waals surface area contributed by atoms with Crippen molar-refractivity contribution in [2.75, 3.05) is 20.2 Å². The van der Waals surface area contributed by atoms with E-state index in [2.05, 4.69) is 20.3 Å². The van der Waals surface area contributed by atoms with Crippen LogP contribution < -0.4 is 10.5 Å². The fraction of sp³-hybridized carbons (Fsp3) is 0.312. The molecule has 28 heavy (non-hydrogen) atoms. The van der Waals surface area contributed by atoms with E-state index in [4.69, 9.17) is 9.88 Å². The van der Waals surface area contributed by atoms with Gasteiger partial charge in [0, 0.05) is 31.4 Å². The van der Waals surface area contributed by atoms with E-state index < -0.39 is 32.7 Å². The van der Waals surface area contributed by atoms with E-state index in [0.29, 0.717) is 30.2 Å². The molecule has 0 spiro atoms. The number of benzene rings is 1. The highest BCUT2D eigenvalue weighted by Crippen LogP contribution is 2.28. The van der Waals surface area contributed by atoms with Crippen molar-refractivity contribution in [3.8, 4) is 0 Å². The number of nitrogens with zero attached hydrogens (tertiary/aromatic N) is 4. The number of sulfonamides is 1. The molecule has 1 atom stereocenters. The van der Waals surface area contributed by atoms with E-state index in [1.54, 1.807) is 11.1 Å². The van der Waals surface area contributed by atoms with Crippen LogP contribution in [0.4, 0.5) is 8.78 Å². The molecular weight excluding hydrogens is 394 g/mol. The molecule has 3 heterocycles. The maximum Gasteiger partial charge on any atom is 0.314 e. The van der Waals surface area contributed by atoms with Crippen LogP contribution in [0.25, 0.3) is 0 Å². The Kier molecular flexibility index (Phi) is 4.38. The molecule has 0 bridgehead atoms. The van der Waals surface area contributed by atoms with Gasteiger partial charge in [-0.3, -0.25) is 4.99 Å². The molecule has 0 aliphatic carbocycles. The number of methoxy groups -OCH3 is 1. The second-order valence-corrected chi connectivity index (χ2v) is 7.85. The minimum Gasteiger partial charge on any atom is -0.467 e. The summed E-state index contributed by atoms with van der Waals surface area (Å²) < 4.78 is 56.8. The molecule has 0 amide bonds. The van der Waals surface area contributed by atoms with Crippen LogP contribution in [0, 0.1) is 11.6 Å². The second-order valence-electron chi connectivity index (χ2n) is 6.29. The van der Waals surface area contributed by atoms with Gasteiger partial charge in [0.05, 0.1) is 23.4 Å². The number of aliphatic imine (C=N–C) groups is 3. The fourth-order valence-corrected chi connectivity index (χ4v) is 3.76. The third kappa shape index (κ3) is 3.14. The summed E-state index contributed by atoms with van der Waals surface area (Å²) in [5.41, 5.74) is 1.53. The highest BCUT2D eigenvalue weighted by Gasteiger charge is 2.35. The zero-order chi connectivity index (χ0) is 20.1. The van der Waals surface area contributed by atoms with Crippen LogP contribution in [0.1, 0.15) is 5.56 Å². The summed E-state index contributed by atoms with van der Waals surface area (Å²) in [6, 6.07) is 1.61. The lowest BCUT2D eigenvalue weighted by Gasteiger charge is -2.35. The summed E-state index contributed by atoms with van der Waals surface area (Å²) >= 11 is 0. The molecule has 3 aliphatic rings. The van der Waals surface area contributed by atoms with Crippen LogP contribution >= 0.6 is 0 Å². The largest absolute Gasteiger partial charge is 0.467 e. The Morgan fingerprint density at radius 1 is 1.36 bits per heavy atom. The number of nitrogens with one attached hydrogen (secondary N) is 1. The van der Waals surface area contributed by atoms with Crippen LogP contribution in [-0.2, 0) is 21.3 Å².